The van der Waals surface area contributed by atoms with E-state index in [1.807, 2.05) is 12.2 Å². The monoisotopic (exact) mass is 180 g/mol. The highest BCUT2D eigenvalue weighted by Gasteiger charge is 2.49. The summed E-state index contributed by atoms with van der Waals surface area (Å²) in [6.07, 6.45) is 4.79. The minimum Gasteiger partial charge on any atom is -0.369 e. The van der Waals surface area contributed by atoms with Gasteiger partial charge < -0.3 is 11.5 Å². The molecule has 2 amide bonds. The Kier molecular flexibility index (Phi) is 1.65. The summed E-state index contributed by atoms with van der Waals surface area (Å²) in [5.74, 6) is -1.26. The Labute approximate surface area is 76.0 Å². The van der Waals surface area contributed by atoms with E-state index in [4.69, 9.17) is 11.5 Å². The maximum absolute atomic E-state index is 11.1. The van der Waals surface area contributed by atoms with Crippen molar-refractivity contribution < 1.29 is 9.59 Å². The standard InChI is InChI=1S/C9H12N2O2/c10-8(12)6-4-1-2-5(3-4)7(6)9(11)13/h1-2,4-7H,3H2,(H2,10,12)(H2,11,13)/t4-,5-,6-,7+/m1/s1. The lowest BCUT2D eigenvalue weighted by Crippen LogP contribution is -2.39. The molecule has 4 heteroatoms. The SMILES string of the molecule is NC(=O)[C@@H]1[C@H](C(N)=O)[C@@H]2C=C[C@@H]1C2. The lowest BCUT2D eigenvalue weighted by molar-refractivity contribution is -0.131. The predicted molar refractivity (Wildman–Crippen MR) is 46.1 cm³/mol. The summed E-state index contributed by atoms with van der Waals surface area (Å²) >= 11 is 0. The summed E-state index contributed by atoms with van der Waals surface area (Å²) in [6.45, 7) is 0. The van der Waals surface area contributed by atoms with E-state index in [1.54, 1.807) is 0 Å². The number of allylic oxidation sites excluding steroid dienone is 2. The fourth-order valence-corrected chi connectivity index (χ4v) is 2.60. The molecule has 2 aliphatic rings. The van der Waals surface area contributed by atoms with Crippen LogP contribution in [0.5, 0.6) is 0 Å². The van der Waals surface area contributed by atoms with Crippen molar-refractivity contribution in [1.29, 1.82) is 0 Å². The molecule has 0 radical (unpaired) electrons. The summed E-state index contributed by atoms with van der Waals surface area (Å²) in [5.41, 5.74) is 10.5. The predicted octanol–water partition coefficient (Wildman–Crippen LogP) is -0.605. The minimum absolute atomic E-state index is 0.139. The highest BCUT2D eigenvalue weighted by Crippen LogP contribution is 2.47. The summed E-state index contributed by atoms with van der Waals surface area (Å²) in [5, 5.41) is 0. The van der Waals surface area contributed by atoms with Crippen LogP contribution in [-0.2, 0) is 9.59 Å². The molecule has 2 aliphatic carbocycles. The van der Waals surface area contributed by atoms with E-state index in [1.165, 1.54) is 0 Å². The molecule has 4 atom stereocenters. The zero-order chi connectivity index (χ0) is 9.59. The summed E-state index contributed by atoms with van der Waals surface area (Å²) in [4.78, 5) is 22.2. The average molecular weight is 180 g/mol. The van der Waals surface area contributed by atoms with Gasteiger partial charge in [-0.1, -0.05) is 12.2 Å². The Hall–Kier alpha value is -1.32. The van der Waals surface area contributed by atoms with Gasteiger partial charge >= 0.3 is 0 Å². The van der Waals surface area contributed by atoms with Gasteiger partial charge in [0.05, 0.1) is 11.8 Å². The smallest absolute Gasteiger partial charge is 0.221 e. The first-order valence-corrected chi connectivity index (χ1v) is 4.38. The van der Waals surface area contributed by atoms with Gasteiger partial charge in [-0.05, 0) is 18.3 Å². The lowest BCUT2D eigenvalue weighted by atomic mass is 9.82. The molecule has 0 spiro atoms. The maximum atomic E-state index is 11.1. The third-order valence-corrected chi connectivity index (χ3v) is 3.12. The molecular weight excluding hydrogens is 168 g/mol. The number of carbonyl (C=O) groups is 2. The first-order chi connectivity index (χ1) is 6.11. The van der Waals surface area contributed by atoms with Gasteiger partial charge in [0.1, 0.15) is 0 Å². The van der Waals surface area contributed by atoms with Gasteiger partial charge in [0, 0.05) is 0 Å². The number of hydrogen-bond donors (Lipinski definition) is 2. The second kappa shape index (κ2) is 2.58. The topological polar surface area (TPSA) is 86.2 Å². The van der Waals surface area contributed by atoms with Gasteiger partial charge in [-0.25, -0.2) is 0 Å². The van der Waals surface area contributed by atoms with Crippen molar-refractivity contribution in [2.75, 3.05) is 0 Å². The fourth-order valence-electron chi connectivity index (χ4n) is 2.60. The molecule has 2 bridgehead atoms. The molecule has 1 fully saturated rings. The number of carbonyl (C=O) groups excluding carboxylic acids is 2. The number of rotatable bonds is 2. The molecule has 13 heavy (non-hydrogen) atoms. The summed E-state index contributed by atoms with van der Waals surface area (Å²) < 4.78 is 0. The highest BCUT2D eigenvalue weighted by atomic mass is 16.2. The van der Waals surface area contributed by atoms with Gasteiger partial charge in [0.2, 0.25) is 11.8 Å². The molecule has 0 heterocycles. The number of primary amides is 2. The van der Waals surface area contributed by atoms with E-state index in [0.717, 1.165) is 6.42 Å². The molecule has 0 aliphatic heterocycles. The fraction of sp³-hybridized carbons (Fsp3) is 0.556. The van der Waals surface area contributed by atoms with Gasteiger partial charge in [-0.2, -0.15) is 0 Å². The zero-order valence-electron chi connectivity index (χ0n) is 7.14. The van der Waals surface area contributed by atoms with Crippen LogP contribution in [0.3, 0.4) is 0 Å². The van der Waals surface area contributed by atoms with E-state index in [-0.39, 0.29) is 23.7 Å². The molecule has 0 saturated heterocycles. The van der Waals surface area contributed by atoms with Crippen LogP contribution in [0.25, 0.3) is 0 Å². The van der Waals surface area contributed by atoms with Crippen LogP contribution < -0.4 is 11.5 Å². The Morgan fingerprint density at radius 1 is 1.00 bits per heavy atom. The van der Waals surface area contributed by atoms with Crippen LogP contribution in [0.15, 0.2) is 12.2 Å². The van der Waals surface area contributed by atoms with Crippen LogP contribution >= 0.6 is 0 Å². The first kappa shape index (κ1) is 8.29. The number of hydrogen-bond acceptors (Lipinski definition) is 2. The molecule has 70 valence electrons. The van der Waals surface area contributed by atoms with Crippen molar-refractivity contribution in [2.45, 2.75) is 6.42 Å². The molecule has 0 unspecified atom stereocenters. The largest absolute Gasteiger partial charge is 0.369 e. The number of fused-ring (bicyclic) bond motifs is 2. The van der Waals surface area contributed by atoms with E-state index in [9.17, 15) is 9.59 Å². The molecule has 4 nitrogen and oxygen atoms in total. The van der Waals surface area contributed by atoms with Crippen molar-refractivity contribution in [2.24, 2.45) is 35.1 Å². The van der Waals surface area contributed by atoms with Gasteiger partial charge in [0.15, 0.2) is 0 Å². The van der Waals surface area contributed by atoms with Crippen molar-refractivity contribution in [3.63, 3.8) is 0 Å². The van der Waals surface area contributed by atoms with Crippen molar-refractivity contribution in [3.8, 4) is 0 Å². The molecule has 2 rings (SSSR count). The van der Waals surface area contributed by atoms with Crippen molar-refractivity contribution in [3.05, 3.63) is 12.2 Å². The maximum Gasteiger partial charge on any atom is 0.221 e. The number of nitrogens with two attached hydrogens (primary N) is 2. The quantitative estimate of drug-likeness (QED) is 0.556. The third kappa shape index (κ3) is 1.05. The zero-order valence-corrected chi connectivity index (χ0v) is 7.14. The first-order valence-electron chi connectivity index (χ1n) is 4.38. The Morgan fingerprint density at radius 3 is 1.69 bits per heavy atom. The lowest BCUT2D eigenvalue weighted by Gasteiger charge is -2.22. The highest BCUT2D eigenvalue weighted by molar-refractivity contribution is 5.88. The van der Waals surface area contributed by atoms with Crippen LogP contribution in [0.2, 0.25) is 0 Å². The van der Waals surface area contributed by atoms with Gasteiger partial charge in [-0.3, -0.25) is 9.59 Å². The van der Waals surface area contributed by atoms with Gasteiger partial charge in [0.25, 0.3) is 0 Å². The number of amides is 2. The van der Waals surface area contributed by atoms with E-state index < -0.39 is 11.8 Å². The molecule has 0 aromatic carbocycles. The van der Waals surface area contributed by atoms with Crippen LogP contribution in [0.1, 0.15) is 6.42 Å². The average Bonchev–Trinajstić information content (AvgIpc) is 2.60. The van der Waals surface area contributed by atoms with Crippen molar-refractivity contribution in [1.82, 2.24) is 0 Å². The minimum atomic E-state index is -0.402. The van der Waals surface area contributed by atoms with E-state index >= 15 is 0 Å². The summed E-state index contributed by atoms with van der Waals surface area (Å²) in [6, 6.07) is 0. The Bertz CT molecular complexity index is 270. The second-order valence-corrected chi connectivity index (χ2v) is 3.80. The van der Waals surface area contributed by atoms with Gasteiger partial charge in [-0.15, -0.1) is 0 Å². The van der Waals surface area contributed by atoms with Crippen LogP contribution in [-0.4, -0.2) is 11.8 Å². The normalized spacial score (nSPS) is 40.9. The molecule has 0 aromatic rings. The second-order valence-electron chi connectivity index (χ2n) is 3.80. The summed E-state index contributed by atoms with van der Waals surface area (Å²) in [7, 11) is 0. The molecule has 0 aromatic heterocycles. The third-order valence-electron chi connectivity index (χ3n) is 3.12. The molecule has 4 N–H and O–H groups in total. The van der Waals surface area contributed by atoms with Crippen LogP contribution in [0, 0.1) is 23.7 Å². The van der Waals surface area contributed by atoms with Crippen molar-refractivity contribution >= 4 is 11.8 Å². The Morgan fingerprint density at radius 2 is 1.38 bits per heavy atom. The Balaban J connectivity index is 2.30. The molecule has 1 saturated carbocycles. The van der Waals surface area contributed by atoms with E-state index in [2.05, 4.69) is 0 Å². The van der Waals surface area contributed by atoms with E-state index in [0.29, 0.717) is 0 Å². The molecular formula is C9H12N2O2. The van der Waals surface area contributed by atoms with Crippen LogP contribution in [0.4, 0.5) is 0 Å².